The van der Waals surface area contributed by atoms with Crippen LogP contribution >= 0.6 is 0 Å². The third kappa shape index (κ3) is 6.38. The monoisotopic (exact) mass is 156 g/mol. The normalized spacial score (nSPS) is 10.7. The van der Waals surface area contributed by atoms with E-state index >= 15 is 0 Å². The second-order valence-electron chi connectivity index (χ2n) is 1.83. The fourth-order valence-electron chi connectivity index (χ4n) is 0.442. The van der Waals surface area contributed by atoms with E-state index < -0.39 is 18.0 Å². The second-order valence-corrected chi connectivity index (χ2v) is 1.83. The lowest BCUT2D eigenvalue weighted by Gasteiger charge is -2.01. The Morgan fingerprint density at radius 2 is 2.09 bits per heavy atom. The van der Waals surface area contributed by atoms with Gasteiger partial charge in [0, 0.05) is 12.8 Å². The molecule has 0 aromatic rings. The lowest BCUT2D eigenvalue weighted by Crippen LogP contribution is -2.09. The van der Waals surface area contributed by atoms with Gasteiger partial charge in [-0.3, -0.25) is 4.79 Å². The minimum atomic E-state index is -1.23. The van der Waals surface area contributed by atoms with Gasteiger partial charge < -0.3 is 9.84 Å². The minimum absolute atomic E-state index is 0.475. The summed E-state index contributed by atoms with van der Waals surface area (Å²) in [5.41, 5.74) is 0. The van der Waals surface area contributed by atoms with Gasteiger partial charge in [-0.25, -0.2) is 4.79 Å². The standard InChI is InChI=1S/C7H8O4/c1-5(11-6(2)8)3-4-7(9)10/h5H,1-2H3,(H,9,10). The molecule has 0 aromatic heterocycles. The highest BCUT2D eigenvalue weighted by Crippen LogP contribution is 1.87. The molecule has 0 aliphatic carbocycles. The zero-order chi connectivity index (χ0) is 8.85. The van der Waals surface area contributed by atoms with Crippen LogP contribution in [0.4, 0.5) is 0 Å². The fourth-order valence-corrected chi connectivity index (χ4v) is 0.442. The maximum absolute atomic E-state index is 10.3. The van der Waals surface area contributed by atoms with Gasteiger partial charge in [0.25, 0.3) is 0 Å². The average molecular weight is 156 g/mol. The van der Waals surface area contributed by atoms with E-state index in [-0.39, 0.29) is 0 Å². The van der Waals surface area contributed by atoms with Crippen LogP contribution in [0.25, 0.3) is 0 Å². The Balaban J connectivity index is 3.89. The quantitative estimate of drug-likeness (QED) is 0.429. The number of hydrogen-bond donors (Lipinski definition) is 1. The summed E-state index contributed by atoms with van der Waals surface area (Å²) < 4.78 is 4.52. The summed E-state index contributed by atoms with van der Waals surface area (Å²) in [6.07, 6.45) is -0.663. The first-order valence-corrected chi connectivity index (χ1v) is 2.94. The minimum Gasteiger partial charge on any atom is -0.472 e. The first-order valence-electron chi connectivity index (χ1n) is 2.94. The summed E-state index contributed by atoms with van der Waals surface area (Å²) in [5, 5.41) is 8.08. The van der Waals surface area contributed by atoms with Crippen molar-refractivity contribution >= 4 is 11.9 Å². The van der Waals surface area contributed by atoms with Crippen LogP contribution in [0.5, 0.6) is 0 Å². The summed E-state index contributed by atoms with van der Waals surface area (Å²) in [6.45, 7) is 2.73. The highest BCUT2D eigenvalue weighted by Gasteiger charge is 1.99. The topological polar surface area (TPSA) is 63.6 Å². The zero-order valence-corrected chi connectivity index (χ0v) is 6.25. The molecular weight excluding hydrogens is 148 g/mol. The van der Waals surface area contributed by atoms with Crippen LogP contribution in [0.1, 0.15) is 13.8 Å². The van der Waals surface area contributed by atoms with E-state index in [2.05, 4.69) is 10.7 Å². The summed E-state index contributed by atoms with van der Waals surface area (Å²) in [6, 6.07) is 0. The first kappa shape index (κ1) is 9.50. The van der Waals surface area contributed by atoms with E-state index in [9.17, 15) is 9.59 Å². The largest absolute Gasteiger partial charge is 0.472 e. The molecule has 0 spiro atoms. The molecule has 0 aliphatic heterocycles. The summed E-state index contributed by atoms with van der Waals surface area (Å²) >= 11 is 0. The number of carbonyl (C=O) groups excluding carboxylic acids is 1. The molecule has 0 aromatic carbocycles. The van der Waals surface area contributed by atoms with Crippen molar-refractivity contribution in [2.75, 3.05) is 0 Å². The summed E-state index contributed by atoms with van der Waals surface area (Å²) in [4.78, 5) is 20.1. The molecule has 4 heteroatoms. The maximum Gasteiger partial charge on any atom is 0.382 e. The molecule has 0 radical (unpaired) electrons. The van der Waals surface area contributed by atoms with Gasteiger partial charge in [0.2, 0.25) is 0 Å². The Bertz CT molecular complexity index is 220. The summed E-state index contributed by atoms with van der Waals surface area (Å²) in [7, 11) is 0. The van der Waals surface area contributed by atoms with Crippen molar-refractivity contribution in [2.45, 2.75) is 20.0 Å². The highest BCUT2D eigenvalue weighted by atomic mass is 16.5. The molecule has 0 saturated carbocycles. The number of esters is 1. The average Bonchev–Trinajstić information content (AvgIpc) is 1.82. The number of rotatable bonds is 1. The molecule has 4 nitrogen and oxygen atoms in total. The van der Waals surface area contributed by atoms with Gasteiger partial charge in [-0.1, -0.05) is 0 Å². The van der Waals surface area contributed by atoms with Crippen molar-refractivity contribution in [3.63, 3.8) is 0 Å². The molecule has 0 aliphatic rings. The summed E-state index contributed by atoms with van der Waals surface area (Å²) in [5.74, 6) is 2.35. The van der Waals surface area contributed by atoms with E-state index in [0.29, 0.717) is 0 Å². The van der Waals surface area contributed by atoms with Crippen LogP contribution in [0, 0.1) is 11.8 Å². The third-order valence-corrected chi connectivity index (χ3v) is 0.725. The van der Waals surface area contributed by atoms with Gasteiger partial charge in [-0.05, 0) is 12.8 Å². The molecule has 11 heavy (non-hydrogen) atoms. The Morgan fingerprint density at radius 1 is 1.55 bits per heavy atom. The van der Waals surface area contributed by atoms with Crippen LogP contribution in [0.3, 0.4) is 0 Å². The predicted octanol–water partition coefficient (Wildman–Crippen LogP) is 0.0260. The molecular formula is C7H8O4. The predicted molar refractivity (Wildman–Crippen MR) is 36.6 cm³/mol. The van der Waals surface area contributed by atoms with Crippen molar-refractivity contribution in [3.8, 4) is 11.8 Å². The Morgan fingerprint density at radius 3 is 2.45 bits per heavy atom. The molecule has 1 unspecified atom stereocenters. The zero-order valence-electron chi connectivity index (χ0n) is 6.25. The molecule has 0 bridgehead atoms. The number of carboxylic acids is 1. The molecule has 0 heterocycles. The van der Waals surface area contributed by atoms with E-state index in [4.69, 9.17) is 5.11 Å². The molecule has 1 N–H and O–H groups in total. The van der Waals surface area contributed by atoms with Gasteiger partial charge in [-0.2, -0.15) is 0 Å². The van der Waals surface area contributed by atoms with E-state index in [1.807, 2.05) is 5.92 Å². The van der Waals surface area contributed by atoms with Gasteiger partial charge >= 0.3 is 11.9 Å². The van der Waals surface area contributed by atoms with E-state index in [1.54, 1.807) is 0 Å². The Labute approximate surface area is 64.2 Å². The molecule has 1 atom stereocenters. The molecule has 60 valence electrons. The third-order valence-electron chi connectivity index (χ3n) is 0.725. The first-order chi connectivity index (χ1) is 5.02. The number of ether oxygens (including phenoxy) is 1. The number of carbonyl (C=O) groups is 2. The number of carboxylic acid groups (broad SMARTS) is 1. The van der Waals surface area contributed by atoms with Gasteiger partial charge in [0.05, 0.1) is 0 Å². The van der Waals surface area contributed by atoms with Crippen LogP contribution < -0.4 is 0 Å². The highest BCUT2D eigenvalue weighted by molar-refractivity contribution is 5.86. The smallest absolute Gasteiger partial charge is 0.382 e. The number of aliphatic carboxylic acids is 1. The molecule has 0 rings (SSSR count). The van der Waals surface area contributed by atoms with Crippen molar-refractivity contribution in [3.05, 3.63) is 0 Å². The lowest BCUT2D eigenvalue weighted by molar-refractivity contribution is -0.143. The van der Waals surface area contributed by atoms with Crippen LogP contribution in [-0.4, -0.2) is 23.1 Å². The molecule has 0 amide bonds. The molecule has 0 saturated heterocycles. The van der Waals surface area contributed by atoms with Crippen molar-refractivity contribution < 1.29 is 19.4 Å². The van der Waals surface area contributed by atoms with Crippen molar-refractivity contribution in [1.82, 2.24) is 0 Å². The van der Waals surface area contributed by atoms with Gasteiger partial charge in [0.15, 0.2) is 6.10 Å². The molecule has 0 fully saturated rings. The van der Waals surface area contributed by atoms with Crippen LogP contribution in [0.15, 0.2) is 0 Å². The second kappa shape index (κ2) is 4.34. The van der Waals surface area contributed by atoms with Gasteiger partial charge in [0.1, 0.15) is 0 Å². The Kier molecular flexibility index (Phi) is 3.75. The van der Waals surface area contributed by atoms with Crippen LogP contribution in [-0.2, 0) is 14.3 Å². The lowest BCUT2D eigenvalue weighted by atomic mass is 10.4. The van der Waals surface area contributed by atoms with E-state index in [1.165, 1.54) is 13.8 Å². The van der Waals surface area contributed by atoms with Crippen molar-refractivity contribution in [1.29, 1.82) is 0 Å². The van der Waals surface area contributed by atoms with Crippen LogP contribution in [0.2, 0.25) is 0 Å². The van der Waals surface area contributed by atoms with Gasteiger partial charge in [-0.15, -0.1) is 0 Å². The Hall–Kier alpha value is -1.50. The van der Waals surface area contributed by atoms with E-state index in [0.717, 1.165) is 0 Å². The maximum atomic E-state index is 10.3. The van der Waals surface area contributed by atoms with Crippen molar-refractivity contribution in [2.24, 2.45) is 0 Å². The number of hydrogen-bond acceptors (Lipinski definition) is 3. The fraction of sp³-hybridized carbons (Fsp3) is 0.429. The SMILES string of the molecule is CC(=O)OC(C)C#CC(=O)O.